The Morgan fingerprint density at radius 2 is 2.10 bits per heavy atom. The van der Waals surface area contributed by atoms with E-state index in [2.05, 4.69) is 5.32 Å². The number of benzene rings is 1. The van der Waals surface area contributed by atoms with E-state index in [0.29, 0.717) is 0 Å². The monoisotopic (exact) mass is 291 g/mol. The molecule has 1 aromatic carbocycles. The zero-order valence-corrected chi connectivity index (χ0v) is 12.0. The minimum absolute atomic E-state index is 0.108. The normalized spacial score (nSPS) is 13.5. The van der Waals surface area contributed by atoms with Gasteiger partial charge in [-0.2, -0.15) is 11.3 Å². The van der Waals surface area contributed by atoms with E-state index >= 15 is 0 Å². The zero-order valence-electron chi connectivity index (χ0n) is 11.2. The number of amides is 1. The highest BCUT2D eigenvalue weighted by Crippen LogP contribution is 2.21. The summed E-state index contributed by atoms with van der Waals surface area (Å²) in [6, 6.07) is 11.3. The van der Waals surface area contributed by atoms with Crippen LogP contribution in [0.3, 0.4) is 0 Å². The van der Waals surface area contributed by atoms with Crippen molar-refractivity contribution in [2.75, 3.05) is 6.54 Å². The molecule has 4 nitrogen and oxygen atoms in total. The van der Waals surface area contributed by atoms with Crippen molar-refractivity contribution >= 4 is 17.4 Å². The number of hydrogen-bond acceptors (Lipinski definition) is 4. The number of nitrogens with one attached hydrogen (secondary N) is 1. The topological polar surface area (TPSA) is 58.6 Å². The molecule has 0 spiro atoms. The maximum Gasteiger partial charge on any atom is 0.407 e. The summed E-state index contributed by atoms with van der Waals surface area (Å²) < 4.78 is 5.08. The third-order valence-electron chi connectivity index (χ3n) is 2.93. The van der Waals surface area contributed by atoms with Gasteiger partial charge in [-0.25, -0.2) is 4.79 Å². The molecule has 1 amide bonds. The number of thiophene rings is 1. The van der Waals surface area contributed by atoms with Crippen LogP contribution < -0.4 is 5.32 Å². The molecule has 5 heteroatoms. The molecule has 2 N–H and O–H groups in total. The van der Waals surface area contributed by atoms with Crippen LogP contribution in [-0.4, -0.2) is 17.7 Å². The van der Waals surface area contributed by atoms with E-state index in [9.17, 15) is 9.90 Å². The maximum atomic E-state index is 11.6. The molecule has 1 aromatic heterocycles. The fourth-order valence-electron chi connectivity index (χ4n) is 1.69. The van der Waals surface area contributed by atoms with Gasteiger partial charge in [-0.05, 0) is 34.9 Å². The molecule has 2 rings (SSSR count). The number of carbonyl (C=O) groups excluding carboxylic acids is 1. The van der Waals surface area contributed by atoms with Gasteiger partial charge in [0.25, 0.3) is 0 Å². The van der Waals surface area contributed by atoms with E-state index in [1.54, 1.807) is 6.92 Å². The molecule has 0 aliphatic heterocycles. The van der Waals surface area contributed by atoms with Crippen LogP contribution in [-0.2, 0) is 16.9 Å². The van der Waals surface area contributed by atoms with Crippen molar-refractivity contribution in [3.63, 3.8) is 0 Å². The van der Waals surface area contributed by atoms with Gasteiger partial charge in [0.1, 0.15) is 12.2 Å². The van der Waals surface area contributed by atoms with Crippen LogP contribution in [0, 0.1) is 0 Å². The summed E-state index contributed by atoms with van der Waals surface area (Å²) >= 11 is 1.50. The Balaban J connectivity index is 1.78. The van der Waals surface area contributed by atoms with Crippen molar-refractivity contribution in [3.8, 4) is 0 Å². The van der Waals surface area contributed by atoms with Gasteiger partial charge in [-0.15, -0.1) is 0 Å². The average Bonchev–Trinajstić information content (AvgIpc) is 2.99. The summed E-state index contributed by atoms with van der Waals surface area (Å²) in [4.78, 5) is 11.6. The molecule has 0 saturated heterocycles. The van der Waals surface area contributed by atoms with Crippen molar-refractivity contribution in [1.29, 1.82) is 0 Å². The van der Waals surface area contributed by atoms with Gasteiger partial charge < -0.3 is 15.2 Å². The molecule has 1 heterocycles. The lowest BCUT2D eigenvalue weighted by Gasteiger charge is -2.22. The lowest BCUT2D eigenvalue weighted by Crippen LogP contribution is -2.38. The first-order valence-corrected chi connectivity index (χ1v) is 7.22. The highest BCUT2D eigenvalue weighted by molar-refractivity contribution is 7.08. The quantitative estimate of drug-likeness (QED) is 0.890. The van der Waals surface area contributed by atoms with Gasteiger partial charge in [0, 0.05) is 0 Å². The van der Waals surface area contributed by atoms with Gasteiger partial charge in [0.15, 0.2) is 0 Å². The molecular formula is C15H17NO3S. The Morgan fingerprint density at radius 1 is 1.35 bits per heavy atom. The van der Waals surface area contributed by atoms with Crippen LogP contribution in [0.25, 0.3) is 0 Å². The van der Waals surface area contributed by atoms with Crippen molar-refractivity contribution in [1.82, 2.24) is 5.32 Å². The lowest BCUT2D eigenvalue weighted by molar-refractivity contribution is 0.0533. The highest BCUT2D eigenvalue weighted by Gasteiger charge is 2.24. The summed E-state index contributed by atoms with van der Waals surface area (Å²) in [7, 11) is 0. The van der Waals surface area contributed by atoms with Gasteiger partial charge in [-0.1, -0.05) is 30.3 Å². The van der Waals surface area contributed by atoms with E-state index < -0.39 is 11.7 Å². The molecule has 0 aliphatic carbocycles. The molecule has 0 radical (unpaired) electrons. The summed E-state index contributed by atoms with van der Waals surface area (Å²) in [6.07, 6.45) is -0.538. The number of hydrogen-bond donors (Lipinski definition) is 2. The Morgan fingerprint density at radius 3 is 2.75 bits per heavy atom. The molecule has 1 unspecified atom stereocenters. The minimum Gasteiger partial charge on any atom is -0.445 e. The van der Waals surface area contributed by atoms with Crippen LogP contribution >= 0.6 is 11.3 Å². The van der Waals surface area contributed by atoms with Crippen LogP contribution in [0.5, 0.6) is 0 Å². The fourth-order valence-corrected chi connectivity index (χ4v) is 2.47. The maximum absolute atomic E-state index is 11.6. The van der Waals surface area contributed by atoms with Crippen molar-refractivity contribution in [2.24, 2.45) is 0 Å². The molecule has 106 valence electrons. The first kappa shape index (κ1) is 14.6. The van der Waals surface area contributed by atoms with E-state index in [-0.39, 0.29) is 13.2 Å². The Hall–Kier alpha value is -1.85. The first-order chi connectivity index (χ1) is 9.58. The molecular weight excluding hydrogens is 274 g/mol. The Labute approximate surface area is 122 Å². The van der Waals surface area contributed by atoms with Gasteiger partial charge >= 0.3 is 6.09 Å². The zero-order chi connectivity index (χ0) is 14.4. The Bertz CT molecular complexity index is 538. The summed E-state index contributed by atoms with van der Waals surface area (Å²) in [5.41, 5.74) is 0.615. The van der Waals surface area contributed by atoms with E-state index in [4.69, 9.17) is 4.74 Å². The van der Waals surface area contributed by atoms with Crippen LogP contribution in [0.4, 0.5) is 4.79 Å². The number of carbonyl (C=O) groups is 1. The van der Waals surface area contributed by atoms with Crippen LogP contribution in [0.15, 0.2) is 47.2 Å². The van der Waals surface area contributed by atoms with Gasteiger partial charge in [0.2, 0.25) is 0 Å². The Kier molecular flexibility index (Phi) is 4.76. The second kappa shape index (κ2) is 6.54. The molecule has 0 saturated carbocycles. The van der Waals surface area contributed by atoms with E-state index in [1.165, 1.54) is 11.3 Å². The molecule has 2 aromatic rings. The highest BCUT2D eigenvalue weighted by atomic mass is 32.1. The van der Waals surface area contributed by atoms with Gasteiger partial charge in [-0.3, -0.25) is 0 Å². The predicted molar refractivity (Wildman–Crippen MR) is 78.5 cm³/mol. The second-order valence-electron chi connectivity index (χ2n) is 4.70. The van der Waals surface area contributed by atoms with Crippen LogP contribution in [0.2, 0.25) is 0 Å². The SMILES string of the molecule is CC(O)(CNC(=O)OCc1ccccc1)c1ccsc1. The largest absolute Gasteiger partial charge is 0.445 e. The first-order valence-electron chi connectivity index (χ1n) is 6.27. The standard InChI is InChI=1S/C15H17NO3S/c1-15(18,13-7-8-20-10-13)11-16-14(17)19-9-12-5-3-2-4-6-12/h2-8,10,18H,9,11H2,1H3,(H,16,17). The smallest absolute Gasteiger partial charge is 0.407 e. The molecule has 0 fully saturated rings. The molecule has 0 bridgehead atoms. The summed E-state index contributed by atoms with van der Waals surface area (Å²) in [6.45, 7) is 1.98. The second-order valence-corrected chi connectivity index (χ2v) is 5.48. The van der Waals surface area contributed by atoms with Crippen molar-refractivity contribution in [3.05, 3.63) is 58.3 Å². The average molecular weight is 291 g/mol. The van der Waals surface area contributed by atoms with Crippen molar-refractivity contribution < 1.29 is 14.6 Å². The van der Waals surface area contributed by atoms with E-state index in [0.717, 1.165) is 11.1 Å². The predicted octanol–water partition coefficient (Wildman–Crippen LogP) is 2.88. The van der Waals surface area contributed by atoms with Crippen molar-refractivity contribution in [2.45, 2.75) is 19.1 Å². The minimum atomic E-state index is -1.09. The number of aliphatic hydroxyl groups is 1. The summed E-state index contributed by atoms with van der Waals surface area (Å²) in [5, 5.41) is 16.6. The third kappa shape index (κ3) is 4.08. The molecule has 20 heavy (non-hydrogen) atoms. The molecule has 0 aliphatic rings. The number of rotatable bonds is 5. The van der Waals surface area contributed by atoms with E-state index in [1.807, 2.05) is 47.2 Å². The number of ether oxygens (including phenoxy) is 1. The summed E-state index contributed by atoms with van der Waals surface area (Å²) in [5.74, 6) is 0. The lowest BCUT2D eigenvalue weighted by atomic mass is 10.00. The van der Waals surface area contributed by atoms with Gasteiger partial charge in [0.05, 0.1) is 6.54 Å². The fraction of sp³-hybridized carbons (Fsp3) is 0.267. The van der Waals surface area contributed by atoms with Crippen LogP contribution in [0.1, 0.15) is 18.1 Å². The number of alkyl carbamates (subject to hydrolysis) is 1. The molecule has 1 atom stereocenters. The third-order valence-corrected chi connectivity index (χ3v) is 3.62.